The lowest BCUT2D eigenvalue weighted by Crippen LogP contribution is -1.95. The van der Waals surface area contributed by atoms with E-state index >= 15 is 0 Å². The van der Waals surface area contributed by atoms with Crippen LogP contribution >= 0.6 is 12.6 Å². The predicted octanol–water partition coefficient (Wildman–Crippen LogP) is 1.01. The molecular formula is C10H12N2S. The molecule has 0 radical (unpaired) electrons. The van der Waals surface area contributed by atoms with Gasteiger partial charge in [-0.2, -0.15) is 12.6 Å². The lowest BCUT2D eigenvalue weighted by atomic mass is 10.1. The lowest BCUT2D eigenvalue weighted by molar-refractivity contribution is 1.30. The fourth-order valence-electron chi connectivity index (χ4n) is 0.995. The van der Waals surface area contributed by atoms with Crippen LogP contribution < -0.4 is 11.5 Å². The zero-order chi connectivity index (χ0) is 9.68. The van der Waals surface area contributed by atoms with Crippen LogP contribution in [-0.4, -0.2) is 6.54 Å². The molecule has 13 heavy (non-hydrogen) atoms. The monoisotopic (exact) mass is 192 g/mol. The molecule has 0 aliphatic heterocycles. The van der Waals surface area contributed by atoms with Crippen LogP contribution in [0, 0.1) is 11.8 Å². The Hall–Kier alpha value is -1.11. The van der Waals surface area contributed by atoms with Gasteiger partial charge in [0, 0.05) is 17.0 Å². The van der Waals surface area contributed by atoms with E-state index in [0.717, 1.165) is 11.1 Å². The standard InChI is InChI=1S/C10H12N2S/c11-5-1-2-8-6-10(12)4-3-9(8)7-13/h3-4,6,13H,5,7,11-12H2. The van der Waals surface area contributed by atoms with Crippen molar-refractivity contribution >= 4 is 18.3 Å². The average Bonchev–Trinajstić information content (AvgIpc) is 2.15. The molecule has 1 aromatic rings. The number of thiol groups is 1. The minimum absolute atomic E-state index is 0.362. The van der Waals surface area contributed by atoms with Crippen molar-refractivity contribution in [3.63, 3.8) is 0 Å². The van der Waals surface area contributed by atoms with E-state index in [-0.39, 0.29) is 0 Å². The summed E-state index contributed by atoms with van der Waals surface area (Å²) in [6, 6.07) is 5.62. The fourth-order valence-corrected chi connectivity index (χ4v) is 1.27. The molecular weight excluding hydrogens is 180 g/mol. The van der Waals surface area contributed by atoms with E-state index in [0.29, 0.717) is 18.0 Å². The number of nitrogen functional groups attached to an aromatic ring is 1. The number of benzene rings is 1. The second-order valence-electron chi connectivity index (χ2n) is 2.58. The van der Waals surface area contributed by atoms with Crippen LogP contribution in [0.3, 0.4) is 0 Å². The zero-order valence-electron chi connectivity index (χ0n) is 7.25. The van der Waals surface area contributed by atoms with Gasteiger partial charge in [0.25, 0.3) is 0 Å². The van der Waals surface area contributed by atoms with Crippen LogP contribution in [0.5, 0.6) is 0 Å². The van der Waals surface area contributed by atoms with Crippen LogP contribution in [0.25, 0.3) is 0 Å². The minimum atomic E-state index is 0.362. The van der Waals surface area contributed by atoms with Crippen LogP contribution in [0.4, 0.5) is 5.69 Å². The highest BCUT2D eigenvalue weighted by molar-refractivity contribution is 7.79. The molecule has 0 heterocycles. The van der Waals surface area contributed by atoms with E-state index in [4.69, 9.17) is 11.5 Å². The highest BCUT2D eigenvalue weighted by atomic mass is 32.1. The summed E-state index contributed by atoms with van der Waals surface area (Å²) in [5, 5.41) is 0. The normalized spacial score (nSPS) is 9.08. The Bertz CT molecular complexity index is 350. The Morgan fingerprint density at radius 3 is 2.77 bits per heavy atom. The Kier molecular flexibility index (Phi) is 3.69. The Balaban J connectivity index is 3.08. The summed E-state index contributed by atoms with van der Waals surface area (Å²) < 4.78 is 0. The summed E-state index contributed by atoms with van der Waals surface area (Å²) in [5.41, 5.74) is 13.6. The molecule has 0 fully saturated rings. The largest absolute Gasteiger partial charge is 0.399 e. The zero-order valence-corrected chi connectivity index (χ0v) is 8.14. The van der Waals surface area contributed by atoms with Crippen molar-refractivity contribution in [2.75, 3.05) is 12.3 Å². The van der Waals surface area contributed by atoms with Crippen molar-refractivity contribution in [1.29, 1.82) is 0 Å². The maximum absolute atomic E-state index is 5.63. The van der Waals surface area contributed by atoms with Gasteiger partial charge >= 0.3 is 0 Å². The fraction of sp³-hybridized carbons (Fsp3) is 0.200. The van der Waals surface area contributed by atoms with Crippen molar-refractivity contribution in [3.8, 4) is 11.8 Å². The number of hydrogen-bond acceptors (Lipinski definition) is 3. The first-order chi connectivity index (χ1) is 6.27. The quantitative estimate of drug-likeness (QED) is 0.353. The maximum Gasteiger partial charge on any atom is 0.0555 e. The van der Waals surface area contributed by atoms with E-state index in [9.17, 15) is 0 Å². The molecule has 0 amide bonds. The molecule has 0 saturated carbocycles. The van der Waals surface area contributed by atoms with Gasteiger partial charge in [0.15, 0.2) is 0 Å². The average molecular weight is 192 g/mol. The second-order valence-corrected chi connectivity index (χ2v) is 2.90. The first-order valence-electron chi connectivity index (χ1n) is 3.96. The van der Waals surface area contributed by atoms with Crippen molar-refractivity contribution < 1.29 is 0 Å². The van der Waals surface area contributed by atoms with Gasteiger partial charge in [-0.25, -0.2) is 0 Å². The van der Waals surface area contributed by atoms with E-state index in [1.165, 1.54) is 0 Å². The molecule has 68 valence electrons. The van der Waals surface area contributed by atoms with E-state index in [2.05, 4.69) is 24.5 Å². The first-order valence-corrected chi connectivity index (χ1v) is 4.59. The van der Waals surface area contributed by atoms with Crippen LogP contribution in [0.2, 0.25) is 0 Å². The number of hydrogen-bond donors (Lipinski definition) is 3. The molecule has 1 rings (SSSR count). The van der Waals surface area contributed by atoms with Gasteiger partial charge in [0.2, 0.25) is 0 Å². The second kappa shape index (κ2) is 4.80. The highest BCUT2D eigenvalue weighted by Gasteiger charge is 1.97. The lowest BCUT2D eigenvalue weighted by Gasteiger charge is -2.01. The molecule has 3 heteroatoms. The summed E-state index contributed by atoms with van der Waals surface area (Å²) in [7, 11) is 0. The Morgan fingerprint density at radius 1 is 1.38 bits per heavy atom. The van der Waals surface area contributed by atoms with Gasteiger partial charge in [0.1, 0.15) is 0 Å². The van der Waals surface area contributed by atoms with Crippen LogP contribution in [-0.2, 0) is 5.75 Å². The minimum Gasteiger partial charge on any atom is -0.399 e. The smallest absolute Gasteiger partial charge is 0.0555 e. The van der Waals surface area contributed by atoms with Gasteiger partial charge in [0.05, 0.1) is 6.54 Å². The first kappa shape index (κ1) is 9.97. The highest BCUT2D eigenvalue weighted by Crippen LogP contribution is 2.14. The molecule has 1 aromatic carbocycles. The molecule has 0 aromatic heterocycles. The van der Waals surface area contributed by atoms with Gasteiger partial charge in [-0.1, -0.05) is 17.9 Å². The summed E-state index contributed by atoms with van der Waals surface area (Å²) in [6.07, 6.45) is 0. The molecule has 0 spiro atoms. The van der Waals surface area contributed by atoms with Crippen molar-refractivity contribution in [1.82, 2.24) is 0 Å². The maximum atomic E-state index is 5.63. The van der Waals surface area contributed by atoms with Crippen LogP contribution in [0.15, 0.2) is 18.2 Å². The number of anilines is 1. The van der Waals surface area contributed by atoms with Gasteiger partial charge < -0.3 is 11.5 Å². The van der Waals surface area contributed by atoms with E-state index in [1.54, 1.807) is 0 Å². The van der Waals surface area contributed by atoms with Gasteiger partial charge in [-0.3, -0.25) is 0 Å². The van der Waals surface area contributed by atoms with E-state index in [1.807, 2.05) is 18.2 Å². The summed E-state index contributed by atoms with van der Waals surface area (Å²) >= 11 is 4.20. The number of rotatable bonds is 1. The SMILES string of the molecule is NCC#Cc1cc(N)ccc1CS. The summed E-state index contributed by atoms with van der Waals surface area (Å²) in [4.78, 5) is 0. The topological polar surface area (TPSA) is 52.0 Å². The molecule has 0 saturated heterocycles. The van der Waals surface area contributed by atoms with Crippen molar-refractivity contribution in [3.05, 3.63) is 29.3 Å². The molecule has 0 aliphatic rings. The predicted molar refractivity (Wildman–Crippen MR) is 59.5 cm³/mol. The third-order valence-corrected chi connectivity index (χ3v) is 1.97. The molecule has 0 aliphatic carbocycles. The van der Waals surface area contributed by atoms with Crippen molar-refractivity contribution in [2.24, 2.45) is 5.73 Å². The summed E-state index contributed by atoms with van der Waals surface area (Å²) in [5.74, 6) is 6.42. The molecule has 0 atom stereocenters. The Morgan fingerprint density at radius 2 is 2.15 bits per heavy atom. The Labute approximate surface area is 83.7 Å². The van der Waals surface area contributed by atoms with Gasteiger partial charge in [-0.15, -0.1) is 0 Å². The number of nitrogens with two attached hydrogens (primary N) is 2. The molecule has 0 unspecified atom stereocenters. The third kappa shape index (κ3) is 2.69. The summed E-state index contributed by atoms with van der Waals surface area (Å²) in [6.45, 7) is 0.362. The molecule has 4 N–H and O–H groups in total. The van der Waals surface area contributed by atoms with E-state index < -0.39 is 0 Å². The molecule has 0 bridgehead atoms. The van der Waals surface area contributed by atoms with Gasteiger partial charge in [-0.05, 0) is 17.7 Å². The van der Waals surface area contributed by atoms with Crippen LogP contribution in [0.1, 0.15) is 11.1 Å². The van der Waals surface area contributed by atoms with Crippen molar-refractivity contribution in [2.45, 2.75) is 5.75 Å². The third-order valence-electron chi connectivity index (χ3n) is 1.63. The molecule has 2 nitrogen and oxygen atoms in total.